The lowest BCUT2D eigenvalue weighted by Gasteiger charge is -2.26. The summed E-state index contributed by atoms with van der Waals surface area (Å²) in [4.78, 5) is 14.3. The summed E-state index contributed by atoms with van der Waals surface area (Å²) in [5.74, 6) is -0.626. The number of fused-ring (bicyclic) bond motifs is 1. The van der Waals surface area contributed by atoms with Crippen LogP contribution in [0.15, 0.2) is 41.3 Å². The zero-order valence-electron chi connectivity index (χ0n) is 15.8. The van der Waals surface area contributed by atoms with Gasteiger partial charge in [0.15, 0.2) is 0 Å². The molecule has 7 heteroatoms. The van der Waals surface area contributed by atoms with Crippen molar-refractivity contribution in [1.82, 2.24) is 0 Å². The number of carbonyl (C=O) groups excluding carboxylic acids is 1. The van der Waals surface area contributed by atoms with Crippen LogP contribution in [0.3, 0.4) is 0 Å². The predicted octanol–water partition coefficient (Wildman–Crippen LogP) is 3.87. The molecule has 27 heavy (non-hydrogen) atoms. The van der Waals surface area contributed by atoms with Crippen molar-refractivity contribution in [3.63, 3.8) is 0 Å². The lowest BCUT2D eigenvalue weighted by molar-refractivity contribution is -0.125. The molecule has 0 bridgehead atoms. The van der Waals surface area contributed by atoms with Gasteiger partial charge < -0.3 is 4.90 Å². The Bertz CT molecular complexity index is 1010. The summed E-state index contributed by atoms with van der Waals surface area (Å²) < 4.78 is 41.4. The van der Waals surface area contributed by atoms with E-state index < -0.39 is 21.3 Å². The van der Waals surface area contributed by atoms with Gasteiger partial charge in [-0.15, -0.1) is 0 Å². The number of aryl methyl sites for hydroxylation is 1. The molecule has 1 N–H and O–H groups in total. The highest BCUT2D eigenvalue weighted by molar-refractivity contribution is 7.92. The van der Waals surface area contributed by atoms with Crippen molar-refractivity contribution in [3.8, 4) is 0 Å². The fourth-order valence-corrected chi connectivity index (χ4v) is 4.44. The van der Waals surface area contributed by atoms with Crippen molar-refractivity contribution in [2.24, 2.45) is 5.41 Å². The lowest BCUT2D eigenvalue weighted by Crippen LogP contribution is -2.38. The summed E-state index contributed by atoms with van der Waals surface area (Å²) in [6.45, 7) is 7.75. The third-order valence-electron chi connectivity index (χ3n) is 4.56. The van der Waals surface area contributed by atoms with Crippen LogP contribution in [0.5, 0.6) is 0 Å². The monoisotopic (exact) mass is 390 g/mol. The van der Waals surface area contributed by atoms with E-state index in [-0.39, 0.29) is 10.8 Å². The van der Waals surface area contributed by atoms with E-state index in [2.05, 4.69) is 4.72 Å². The Labute approximate surface area is 159 Å². The maximum atomic E-state index is 13.5. The van der Waals surface area contributed by atoms with E-state index in [0.29, 0.717) is 23.5 Å². The second-order valence-electron chi connectivity index (χ2n) is 7.82. The van der Waals surface area contributed by atoms with Gasteiger partial charge in [0, 0.05) is 17.6 Å². The van der Waals surface area contributed by atoms with Crippen LogP contribution < -0.4 is 9.62 Å². The standard InChI is InChI=1S/C20H23FN2O3S/c1-13-5-7-15(21)11-18(13)27(25,26)22-16-8-6-14-9-10-23(17(14)12-16)19(24)20(2,3)4/h5-8,11-12,22H,9-10H2,1-4H3. The van der Waals surface area contributed by atoms with E-state index in [4.69, 9.17) is 0 Å². The normalized spacial score (nSPS) is 14.2. The molecule has 5 nitrogen and oxygen atoms in total. The lowest BCUT2D eigenvalue weighted by atomic mass is 9.94. The molecule has 3 rings (SSSR count). The molecule has 0 saturated heterocycles. The first kappa shape index (κ1) is 19.4. The molecule has 0 unspecified atom stereocenters. The van der Waals surface area contributed by atoms with Crippen LogP contribution >= 0.6 is 0 Å². The number of carbonyl (C=O) groups is 1. The summed E-state index contributed by atoms with van der Waals surface area (Å²) in [6, 6.07) is 8.80. The molecule has 0 spiro atoms. The SMILES string of the molecule is Cc1ccc(F)cc1S(=O)(=O)Nc1ccc2c(c1)N(C(=O)C(C)(C)C)CC2. The second kappa shape index (κ2) is 6.64. The molecule has 1 aliphatic rings. The molecule has 0 saturated carbocycles. The Kier molecular flexibility index (Phi) is 4.76. The number of nitrogens with zero attached hydrogens (tertiary/aromatic N) is 1. The molecule has 1 amide bonds. The third kappa shape index (κ3) is 3.83. The number of anilines is 2. The summed E-state index contributed by atoms with van der Waals surface area (Å²) >= 11 is 0. The van der Waals surface area contributed by atoms with Gasteiger partial charge in [0.25, 0.3) is 10.0 Å². The Balaban J connectivity index is 1.94. The Hall–Kier alpha value is -2.41. The highest BCUT2D eigenvalue weighted by Gasteiger charge is 2.32. The number of halogens is 1. The average Bonchev–Trinajstić information content (AvgIpc) is 2.98. The fourth-order valence-electron chi connectivity index (χ4n) is 3.13. The van der Waals surface area contributed by atoms with Crippen LogP contribution in [-0.2, 0) is 21.2 Å². The maximum Gasteiger partial charge on any atom is 0.262 e. The van der Waals surface area contributed by atoms with Gasteiger partial charge in [-0.25, -0.2) is 12.8 Å². The summed E-state index contributed by atoms with van der Waals surface area (Å²) in [5.41, 5.74) is 1.97. The first-order valence-corrected chi connectivity index (χ1v) is 10.2. The minimum Gasteiger partial charge on any atom is -0.311 e. The van der Waals surface area contributed by atoms with Crippen molar-refractivity contribution in [2.45, 2.75) is 39.0 Å². The summed E-state index contributed by atoms with van der Waals surface area (Å²) in [5, 5.41) is 0. The Morgan fingerprint density at radius 3 is 2.52 bits per heavy atom. The summed E-state index contributed by atoms with van der Waals surface area (Å²) in [6.07, 6.45) is 0.729. The minimum atomic E-state index is -3.94. The molecule has 2 aromatic carbocycles. The van der Waals surface area contributed by atoms with Gasteiger partial charge in [0.2, 0.25) is 5.91 Å². The van der Waals surface area contributed by atoms with Crippen molar-refractivity contribution in [2.75, 3.05) is 16.2 Å². The van der Waals surface area contributed by atoms with Gasteiger partial charge in [0.1, 0.15) is 5.82 Å². The molecular formula is C20H23FN2O3S. The smallest absolute Gasteiger partial charge is 0.262 e. The molecule has 0 fully saturated rings. The van der Waals surface area contributed by atoms with E-state index in [1.165, 1.54) is 12.1 Å². The molecule has 1 aliphatic heterocycles. The molecule has 144 valence electrons. The van der Waals surface area contributed by atoms with Crippen LogP contribution in [0.2, 0.25) is 0 Å². The van der Waals surface area contributed by atoms with Gasteiger partial charge in [-0.1, -0.05) is 32.9 Å². The van der Waals surface area contributed by atoms with Crippen LogP contribution in [-0.4, -0.2) is 20.9 Å². The highest BCUT2D eigenvalue weighted by Crippen LogP contribution is 2.34. The van der Waals surface area contributed by atoms with E-state index in [1.807, 2.05) is 26.8 Å². The number of rotatable bonds is 3. The number of hydrogen-bond acceptors (Lipinski definition) is 3. The number of nitrogens with one attached hydrogen (secondary N) is 1. The highest BCUT2D eigenvalue weighted by atomic mass is 32.2. The predicted molar refractivity (Wildman–Crippen MR) is 104 cm³/mol. The molecule has 0 atom stereocenters. The van der Waals surface area contributed by atoms with Crippen LogP contribution in [0.1, 0.15) is 31.9 Å². The van der Waals surface area contributed by atoms with Gasteiger partial charge in [0.05, 0.1) is 10.6 Å². The quantitative estimate of drug-likeness (QED) is 0.865. The zero-order valence-corrected chi connectivity index (χ0v) is 16.7. The van der Waals surface area contributed by atoms with Gasteiger partial charge in [-0.05, 0) is 48.7 Å². The van der Waals surface area contributed by atoms with Gasteiger partial charge >= 0.3 is 0 Å². The van der Waals surface area contributed by atoms with Crippen LogP contribution in [0, 0.1) is 18.2 Å². The van der Waals surface area contributed by atoms with E-state index in [1.54, 1.807) is 24.0 Å². The molecular weight excluding hydrogens is 367 g/mol. The second-order valence-corrected chi connectivity index (χ2v) is 9.47. The van der Waals surface area contributed by atoms with Crippen LogP contribution in [0.4, 0.5) is 15.8 Å². The van der Waals surface area contributed by atoms with Crippen LogP contribution in [0.25, 0.3) is 0 Å². The number of benzene rings is 2. The first-order valence-electron chi connectivity index (χ1n) is 8.73. The van der Waals surface area contributed by atoms with E-state index in [0.717, 1.165) is 18.1 Å². The van der Waals surface area contributed by atoms with Crippen molar-refractivity contribution in [3.05, 3.63) is 53.3 Å². The Morgan fingerprint density at radius 1 is 1.15 bits per heavy atom. The van der Waals surface area contributed by atoms with E-state index in [9.17, 15) is 17.6 Å². The van der Waals surface area contributed by atoms with Crippen molar-refractivity contribution in [1.29, 1.82) is 0 Å². The fraction of sp³-hybridized carbons (Fsp3) is 0.350. The number of amides is 1. The Morgan fingerprint density at radius 2 is 1.85 bits per heavy atom. The molecule has 0 radical (unpaired) electrons. The molecule has 0 aromatic heterocycles. The molecule has 2 aromatic rings. The topological polar surface area (TPSA) is 66.5 Å². The molecule has 0 aliphatic carbocycles. The maximum absolute atomic E-state index is 13.5. The largest absolute Gasteiger partial charge is 0.311 e. The van der Waals surface area contributed by atoms with Gasteiger partial charge in [-0.2, -0.15) is 0 Å². The average molecular weight is 390 g/mol. The summed E-state index contributed by atoms with van der Waals surface area (Å²) in [7, 11) is -3.94. The third-order valence-corrected chi connectivity index (χ3v) is 6.08. The minimum absolute atomic E-state index is 0.0118. The molecule has 1 heterocycles. The zero-order chi connectivity index (χ0) is 20.0. The number of hydrogen-bond donors (Lipinski definition) is 1. The first-order chi connectivity index (χ1) is 12.5. The van der Waals surface area contributed by atoms with E-state index >= 15 is 0 Å². The van der Waals surface area contributed by atoms with Crippen molar-refractivity contribution < 1.29 is 17.6 Å². The van der Waals surface area contributed by atoms with Crippen molar-refractivity contribution >= 4 is 27.3 Å². The van der Waals surface area contributed by atoms with Gasteiger partial charge in [-0.3, -0.25) is 9.52 Å². The number of sulfonamides is 1.